The summed E-state index contributed by atoms with van der Waals surface area (Å²) in [6.07, 6.45) is 0. The van der Waals surface area contributed by atoms with E-state index in [0.29, 0.717) is 5.69 Å². The molecule has 0 bridgehead atoms. The van der Waals surface area contributed by atoms with Crippen LogP contribution in [0.2, 0.25) is 0 Å². The minimum absolute atomic E-state index is 0.0504. The van der Waals surface area contributed by atoms with E-state index in [1.807, 2.05) is 0 Å². The molecule has 1 aromatic carbocycles. The minimum Gasteiger partial charge on any atom is -0.508 e. The number of carbonyl (C=O) groups excluding carboxylic acids is 1. The maximum atomic E-state index is 11.7. The SMILES string of the molecule is O=C(Nc1cccc(O)c1)[C@H]1CSCN1. The summed E-state index contributed by atoms with van der Waals surface area (Å²) in [6, 6.07) is 6.42. The van der Waals surface area contributed by atoms with Crippen LogP contribution in [0.5, 0.6) is 5.75 Å². The van der Waals surface area contributed by atoms with E-state index in [1.165, 1.54) is 6.07 Å². The van der Waals surface area contributed by atoms with Gasteiger partial charge in [0, 0.05) is 23.4 Å². The zero-order valence-electron chi connectivity index (χ0n) is 8.06. The highest BCUT2D eigenvalue weighted by Crippen LogP contribution is 2.17. The average Bonchev–Trinajstić information content (AvgIpc) is 2.70. The Hall–Kier alpha value is -1.20. The normalized spacial score (nSPS) is 20.1. The van der Waals surface area contributed by atoms with Gasteiger partial charge in [-0.25, -0.2) is 0 Å². The Morgan fingerprint density at radius 2 is 2.47 bits per heavy atom. The van der Waals surface area contributed by atoms with Crippen molar-refractivity contribution >= 4 is 23.4 Å². The number of benzene rings is 1. The van der Waals surface area contributed by atoms with E-state index < -0.39 is 0 Å². The summed E-state index contributed by atoms with van der Waals surface area (Å²) in [6.45, 7) is 0. The van der Waals surface area contributed by atoms with Crippen LogP contribution in [-0.4, -0.2) is 28.7 Å². The lowest BCUT2D eigenvalue weighted by Crippen LogP contribution is -2.37. The molecule has 1 heterocycles. The highest BCUT2D eigenvalue weighted by molar-refractivity contribution is 7.99. The molecular weight excluding hydrogens is 212 g/mol. The number of carbonyl (C=O) groups is 1. The van der Waals surface area contributed by atoms with E-state index in [-0.39, 0.29) is 17.7 Å². The molecule has 1 aliphatic rings. The van der Waals surface area contributed by atoms with Gasteiger partial charge in [-0.05, 0) is 12.1 Å². The van der Waals surface area contributed by atoms with Crippen LogP contribution >= 0.6 is 11.8 Å². The predicted molar refractivity (Wildman–Crippen MR) is 61.0 cm³/mol. The van der Waals surface area contributed by atoms with E-state index in [2.05, 4.69) is 10.6 Å². The summed E-state index contributed by atoms with van der Waals surface area (Å²) < 4.78 is 0. The molecule has 0 spiro atoms. The van der Waals surface area contributed by atoms with Gasteiger partial charge in [0.05, 0.1) is 6.04 Å². The van der Waals surface area contributed by atoms with Gasteiger partial charge in [0.1, 0.15) is 5.75 Å². The average molecular weight is 224 g/mol. The largest absolute Gasteiger partial charge is 0.508 e. The number of anilines is 1. The van der Waals surface area contributed by atoms with Crippen LogP contribution < -0.4 is 10.6 Å². The number of amides is 1. The fourth-order valence-electron chi connectivity index (χ4n) is 1.38. The van der Waals surface area contributed by atoms with Gasteiger partial charge in [-0.3, -0.25) is 10.1 Å². The molecule has 0 radical (unpaired) electrons. The lowest BCUT2D eigenvalue weighted by molar-refractivity contribution is -0.117. The number of phenols is 1. The molecule has 0 unspecified atom stereocenters. The smallest absolute Gasteiger partial charge is 0.242 e. The fourth-order valence-corrected chi connectivity index (χ4v) is 2.32. The summed E-state index contributed by atoms with van der Waals surface area (Å²) in [5.41, 5.74) is 0.624. The Kier molecular flexibility index (Phi) is 3.13. The van der Waals surface area contributed by atoms with Crippen molar-refractivity contribution in [1.29, 1.82) is 0 Å². The molecule has 1 aromatic rings. The Morgan fingerprint density at radius 3 is 3.13 bits per heavy atom. The summed E-state index contributed by atoms with van der Waals surface area (Å²) in [5, 5.41) is 15.0. The van der Waals surface area contributed by atoms with Crippen LogP contribution in [0.1, 0.15) is 0 Å². The number of aromatic hydroxyl groups is 1. The third-order valence-electron chi connectivity index (χ3n) is 2.15. The summed E-state index contributed by atoms with van der Waals surface area (Å²) in [4.78, 5) is 11.7. The first-order valence-corrected chi connectivity index (χ1v) is 5.82. The molecular formula is C10H12N2O2S. The molecule has 1 amide bonds. The second-order valence-electron chi connectivity index (χ2n) is 3.31. The third kappa shape index (κ3) is 2.64. The molecule has 3 N–H and O–H groups in total. The van der Waals surface area contributed by atoms with Gasteiger partial charge in [-0.1, -0.05) is 6.07 Å². The van der Waals surface area contributed by atoms with E-state index in [0.717, 1.165) is 11.6 Å². The van der Waals surface area contributed by atoms with Crippen molar-refractivity contribution in [2.75, 3.05) is 16.9 Å². The summed E-state index contributed by atoms with van der Waals surface area (Å²) in [5.74, 6) is 1.72. The highest BCUT2D eigenvalue weighted by atomic mass is 32.2. The van der Waals surface area contributed by atoms with Crippen molar-refractivity contribution in [3.8, 4) is 5.75 Å². The molecule has 80 valence electrons. The molecule has 4 nitrogen and oxygen atoms in total. The van der Waals surface area contributed by atoms with Crippen molar-refractivity contribution in [3.05, 3.63) is 24.3 Å². The summed E-state index contributed by atoms with van der Waals surface area (Å²) >= 11 is 1.70. The second-order valence-corrected chi connectivity index (χ2v) is 4.34. The zero-order valence-corrected chi connectivity index (χ0v) is 8.88. The van der Waals surface area contributed by atoms with Crippen LogP contribution in [0, 0.1) is 0 Å². The first-order chi connectivity index (χ1) is 7.25. The van der Waals surface area contributed by atoms with E-state index in [9.17, 15) is 9.90 Å². The number of thioether (sulfide) groups is 1. The minimum atomic E-state index is -0.127. The molecule has 2 rings (SSSR count). The highest BCUT2D eigenvalue weighted by Gasteiger charge is 2.22. The van der Waals surface area contributed by atoms with Gasteiger partial charge in [-0.2, -0.15) is 0 Å². The van der Waals surface area contributed by atoms with E-state index in [4.69, 9.17) is 0 Å². The van der Waals surface area contributed by atoms with Crippen LogP contribution in [-0.2, 0) is 4.79 Å². The van der Waals surface area contributed by atoms with E-state index in [1.54, 1.807) is 30.0 Å². The van der Waals surface area contributed by atoms with Crippen LogP contribution in [0.3, 0.4) is 0 Å². The molecule has 1 atom stereocenters. The van der Waals surface area contributed by atoms with Gasteiger partial charge in [-0.15, -0.1) is 11.8 Å². The van der Waals surface area contributed by atoms with Crippen molar-refractivity contribution < 1.29 is 9.90 Å². The maximum absolute atomic E-state index is 11.7. The standard InChI is InChI=1S/C10H12N2O2S/c13-8-3-1-2-7(4-8)12-10(14)9-5-15-6-11-9/h1-4,9,11,13H,5-6H2,(H,12,14)/t9-/m1/s1. The van der Waals surface area contributed by atoms with Crippen LogP contribution in [0.15, 0.2) is 24.3 Å². The predicted octanol–water partition coefficient (Wildman–Crippen LogP) is 0.993. The first kappa shape index (κ1) is 10.3. The zero-order chi connectivity index (χ0) is 10.7. The van der Waals surface area contributed by atoms with Gasteiger partial charge < -0.3 is 10.4 Å². The molecule has 0 aromatic heterocycles. The van der Waals surface area contributed by atoms with E-state index >= 15 is 0 Å². The monoisotopic (exact) mass is 224 g/mol. The van der Waals surface area contributed by atoms with Crippen molar-refractivity contribution in [2.24, 2.45) is 0 Å². The lowest BCUT2D eigenvalue weighted by atomic mass is 10.2. The third-order valence-corrected chi connectivity index (χ3v) is 3.09. The number of hydrogen-bond donors (Lipinski definition) is 3. The molecule has 1 fully saturated rings. The van der Waals surface area contributed by atoms with Crippen LogP contribution in [0.4, 0.5) is 5.69 Å². The van der Waals surface area contributed by atoms with Crippen molar-refractivity contribution in [3.63, 3.8) is 0 Å². The Bertz CT molecular complexity index is 364. The second kappa shape index (κ2) is 4.55. The first-order valence-electron chi connectivity index (χ1n) is 4.67. The Balaban J connectivity index is 1.99. The van der Waals surface area contributed by atoms with Gasteiger partial charge in [0.25, 0.3) is 0 Å². The maximum Gasteiger partial charge on any atom is 0.242 e. The summed E-state index contributed by atoms with van der Waals surface area (Å²) in [7, 11) is 0. The molecule has 0 saturated carbocycles. The Labute approximate surface area is 92.1 Å². The molecule has 0 aliphatic carbocycles. The number of rotatable bonds is 2. The molecule has 1 saturated heterocycles. The molecule has 5 heteroatoms. The molecule has 15 heavy (non-hydrogen) atoms. The Morgan fingerprint density at radius 1 is 1.60 bits per heavy atom. The van der Waals surface area contributed by atoms with Gasteiger partial charge in [0.15, 0.2) is 0 Å². The van der Waals surface area contributed by atoms with Crippen molar-refractivity contribution in [1.82, 2.24) is 5.32 Å². The number of phenolic OH excluding ortho intramolecular Hbond substituents is 1. The fraction of sp³-hybridized carbons (Fsp3) is 0.300. The number of nitrogens with one attached hydrogen (secondary N) is 2. The number of hydrogen-bond acceptors (Lipinski definition) is 4. The lowest BCUT2D eigenvalue weighted by Gasteiger charge is -2.10. The topological polar surface area (TPSA) is 61.4 Å². The van der Waals surface area contributed by atoms with Gasteiger partial charge >= 0.3 is 0 Å². The van der Waals surface area contributed by atoms with Crippen LogP contribution in [0.25, 0.3) is 0 Å². The molecule has 1 aliphatic heterocycles. The quantitative estimate of drug-likeness (QED) is 0.701. The van der Waals surface area contributed by atoms with Gasteiger partial charge in [0.2, 0.25) is 5.91 Å². The van der Waals surface area contributed by atoms with Crippen molar-refractivity contribution in [2.45, 2.75) is 6.04 Å².